The maximum Gasteiger partial charge on any atom is 0.232 e. The number of aliphatic hydroxyl groups excluding tert-OH is 1. The van der Waals surface area contributed by atoms with Crippen molar-refractivity contribution in [3.8, 4) is 0 Å². The van der Waals surface area contributed by atoms with E-state index in [2.05, 4.69) is 31.3 Å². The minimum atomic E-state index is -0.448. The Kier molecular flexibility index (Phi) is 4.53. The van der Waals surface area contributed by atoms with Crippen LogP contribution in [0, 0.1) is 5.92 Å². The van der Waals surface area contributed by atoms with E-state index in [0.29, 0.717) is 5.92 Å². The Hall–Kier alpha value is -1.35. The van der Waals surface area contributed by atoms with Crippen molar-refractivity contribution in [2.45, 2.75) is 70.8 Å². The van der Waals surface area contributed by atoms with Crippen LogP contribution in [0.1, 0.15) is 81.1 Å². The summed E-state index contributed by atoms with van der Waals surface area (Å²) in [6.45, 7) is 4.18. The fourth-order valence-electron chi connectivity index (χ4n) is 4.07. The van der Waals surface area contributed by atoms with Crippen LogP contribution in [0.5, 0.6) is 0 Å². The van der Waals surface area contributed by atoms with E-state index in [0.717, 1.165) is 42.5 Å². The summed E-state index contributed by atoms with van der Waals surface area (Å²) in [5, 5.41) is 14.0. The Labute approximate surface area is 133 Å². The molecule has 3 rings (SSSR count). The van der Waals surface area contributed by atoms with Crippen molar-refractivity contribution in [2.24, 2.45) is 5.92 Å². The van der Waals surface area contributed by atoms with Crippen LogP contribution in [0.2, 0.25) is 0 Å². The third-order valence-electron chi connectivity index (χ3n) is 5.43. The van der Waals surface area contributed by atoms with Gasteiger partial charge in [0.25, 0.3) is 0 Å². The molecule has 2 N–H and O–H groups in total. The molecule has 1 aromatic rings. The predicted octanol–water partition coefficient (Wildman–Crippen LogP) is 4.31. The van der Waals surface area contributed by atoms with Crippen LogP contribution in [0.3, 0.4) is 0 Å². The van der Waals surface area contributed by atoms with Crippen LogP contribution in [0.25, 0.3) is 0 Å². The number of aliphatic hydroxyl groups is 1. The molecule has 2 unspecified atom stereocenters. The number of hydrogen-bond donors (Lipinski definition) is 2. The van der Waals surface area contributed by atoms with E-state index in [9.17, 15) is 9.90 Å². The van der Waals surface area contributed by atoms with Gasteiger partial charge in [0.1, 0.15) is 0 Å². The van der Waals surface area contributed by atoms with Crippen molar-refractivity contribution in [2.75, 3.05) is 5.32 Å². The highest BCUT2D eigenvalue weighted by Gasteiger charge is 2.34. The fraction of sp³-hybridized carbons (Fsp3) is 0.632. The number of hydrogen-bond acceptors (Lipinski definition) is 2. The van der Waals surface area contributed by atoms with Gasteiger partial charge >= 0.3 is 0 Å². The Morgan fingerprint density at radius 1 is 1.23 bits per heavy atom. The zero-order valence-corrected chi connectivity index (χ0v) is 13.7. The second-order valence-corrected chi connectivity index (χ2v) is 6.80. The lowest BCUT2D eigenvalue weighted by atomic mass is 9.81. The molecule has 3 heteroatoms. The minimum Gasteiger partial charge on any atom is -0.388 e. The molecule has 0 radical (unpaired) electrons. The smallest absolute Gasteiger partial charge is 0.232 e. The number of carbonyl (C=O) groups excluding carboxylic acids is 1. The van der Waals surface area contributed by atoms with Crippen molar-refractivity contribution in [3.63, 3.8) is 0 Å². The molecule has 1 aromatic carbocycles. The zero-order chi connectivity index (χ0) is 15.7. The molecule has 3 nitrogen and oxygen atoms in total. The number of carbonyl (C=O) groups is 1. The monoisotopic (exact) mass is 301 g/mol. The molecule has 120 valence electrons. The molecule has 0 spiro atoms. The lowest BCUT2D eigenvalue weighted by molar-refractivity contribution is -0.117. The highest BCUT2D eigenvalue weighted by molar-refractivity contribution is 6.03. The van der Waals surface area contributed by atoms with Crippen LogP contribution in [0.15, 0.2) is 12.1 Å². The molecule has 22 heavy (non-hydrogen) atoms. The molecule has 2 aliphatic rings. The van der Waals surface area contributed by atoms with Crippen molar-refractivity contribution < 1.29 is 9.90 Å². The summed E-state index contributed by atoms with van der Waals surface area (Å²) >= 11 is 0. The van der Waals surface area contributed by atoms with Gasteiger partial charge in [-0.2, -0.15) is 0 Å². The first-order valence-electron chi connectivity index (χ1n) is 8.81. The molecule has 2 atom stereocenters. The van der Waals surface area contributed by atoms with Crippen molar-refractivity contribution in [1.29, 1.82) is 0 Å². The maximum atomic E-state index is 12.2. The standard InChI is InChI=1S/C19H27NO2/c1-3-12-10-15-14(4-2)19(22)20-17(15)16(11-12)18(21)13-8-6-5-7-9-13/h10-11,13-14,18,21H,3-9H2,1-2H3,(H,20,22). The fourth-order valence-corrected chi connectivity index (χ4v) is 4.07. The normalized spacial score (nSPS) is 23.2. The Morgan fingerprint density at radius 3 is 2.59 bits per heavy atom. The first kappa shape index (κ1) is 15.5. The van der Waals surface area contributed by atoms with Crippen LogP contribution in [-0.2, 0) is 11.2 Å². The first-order chi connectivity index (χ1) is 10.7. The first-order valence-corrected chi connectivity index (χ1v) is 8.81. The average molecular weight is 301 g/mol. The Morgan fingerprint density at radius 2 is 1.95 bits per heavy atom. The van der Waals surface area contributed by atoms with Crippen LogP contribution in [-0.4, -0.2) is 11.0 Å². The Balaban J connectivity index is 2.00. The van der Waals surface area contributed by atoms with Crippen LogP contribution < -0.4 is 5.32 Å². The van der Waals surface area contributed by atoms with Gasteiger partial charge in [0, 0.05) is 5.56 Å². The zero-order valence-electron chi connectivity index (χ0n) is 13.7. The number of nitrogens with one attached hydrogen (secondary N) is 1. The minimum absolute atomic E-state index is 0.0567. The SMILES string of the molecule is CCc1cc2c(c(C(O)C3CCCCC3)c1)NC(=O)C2CC. The van der Waals surface area contributed by atoms with Gasteiger partial charge in [0.05, 0.1) is 17.7 Å². The second kappa shape index (κ2) is 6.41. The molecular weight excluding hydrogens is 274 g/mol. The van der Waals surface area contributed by atoms with Crippen LogP contribution in [0.4, 0.5) is 5.69 Å². The van der Waals surface area contributed by atoms with Gasteiger partial charge in [-0.15, -0.1) is 0 Å². The third kappa shape index (κ3) is 2.67. The summed E-state index contributed by atoms with van der Waals surface area (Å²) in [4.78, 5) is 12.2. The van der Waals surface area contributed by atoms with Crippen molar-refractivity contribution in [1.82, 2.24) is 0 Å². The Bertz CT molecular complexity index is 561. The summed E-state index contributed by atoms with van der Waals surface area (Å²) in [6, 6.07) is 4.26. The average Bonchev–Trinajstić information content (AvgIpc) is 2.89. The number of benzene rings is 1. The maximum absolute atomic E-state index is 12.2. The summed E-state index contributed by atoms with van der Waals surface area (Å²) < 4.78 is 0. The summed E-state index contributed by atoms with van der Waals surface area (Å²) in [7, 11) is 0. The number of amides is 1. The molecular formula is C19H27NO2. The van der Waals surface area contributed by atoms with Gasteiger partial charge < -0.3 is 10.4 Å². The quantitative estimate of drug-likeness (QED) is 0.870. The van der Waals surface area contributed by atoms with E-state index in [4.69, 9.17) is 0 Å². The summed E-state index contributed by atoms with van der Waals surface area (Å²) in [6.07, 6.45) is 7.19. The largest absolute Gasteiger partial charge is 0.388 e. The van der Waals surface area contributed by atoms with E-state index in [1.54, 1.807) is 0 Å². The molecule has 1 aliphatic carbocycles. The summed E-state index contributed by atoms with van der Waals surface area (Å²) in [5.74, 6) is 0.365. The molecule has 1 heterocycles. The molecule has 0 saturated heterocycles. The highest BCUT2D eigenvalue weighted by Crippen LogP contribution is 2.44. The van der Waals surface area contributed by atoms with E-state index in [1.165, 1.54) is 24.8 Å². The van der Waals surface area contributed by atoms with Gasteiger partial charge in [0.2, 0.25) is 5.91 Å². The van der Waals surface area contributed by atoms with Gasteiger partial charge in [-0.05, 0) is 42.7 Å². The second-order valence-electron chi connectivity index (χ2n) is 6.80. The number of fused-ring (bicyclic) bond motifs is 1. The summed E-state index contributed by atoms with van der Waals surface area (Å²) in [5.41, 5.74) is 4.16. The molecule has 0 aromatic heterocycles. The van der Waals surface area contributed by atoms with Gasteiger partial charge in [-0.1, -0.05) is 45.2 Å². The van der Waals surface area contributed by atoms with E-state index >= 15 is 0 Å². The van der Waals surface area contributed by atoms with Crippen LogP contribution >= 0.6 is 0 Å². The van der Waals surface area contributed by atoms with Gasteiger partial charge in [0.15, 0.2) is 0 Å². The number of aryl methyl sites for hydroxylation is 1. The lowest BCUT2D eigenvalue weighted by Crippen LogP contribution is -2.17. The molecule has 0 bridgehead atoms. The number of rotatable bonds is 4. The lowest BCUT2D eigenvalue weighted by Gasteiger charge is -2.28. The predicted molar refractivity (Wildman–Crippen MR) is 89.0 cm³/mol. The van der Waals surface area contributed by atoms with E-state index < -0.39 is 6.10 Å². The number of anilines is 1. The topological polar surface area (TPSA) is 49.3 Å². The van der Waals surface area contributed by atoms with E-state index in [1.807, 2.05) is 0 Å². The van der Waals surface area contributed by atoms with E-state index in [-0.39, 0.29) is 11.8 Å². The molecule has 1 aliphatic heterocycles. The van der Waals surface area contributed by atoms with Crippen molar-refractivity contribution >= 4 is 11.6 Å². The third-order valence-corrected chi connectivity index (χ3v) is 5.43. The van der Waals surface area contributed by atoms with Crippen molar-refractivity contribution in [3.05, 3.63) is 28.8 Å². The molecule has 1 saturated carbocycles. The van der Waals surface area contributed by atoms with Gasteiger partial charge in [-0.3, -0.25) is 4.79 Å². The van der Waals surface area contributed by atoms with Gasteiger partial charge in [-0.25, -0.2) is 0 Å². The molecule has 1 amide bonds. The molecule has 1 fully saturated rings. The highest BCUT2D eigenvalue weighted by atomic mass is 16.3.